The van der Waals surface area contributed by atoms with Crippen molar-refractivity contribution in [1.29, 1.82) is 0 Å². The van der Waals surface area contributed by atoms with Gasteiger partial charge in [-0.2, -0.15) is 0 Å². The molecule has 3 aromatic rings. The van der Waals surface area contributed by atoms with E-state index in [0.29, 0.717) is 25.3 Å². The van der Waals surface area contributed by atoms with Crippen LogP contribution in [0.4, 0.5) is 0 Å². The van der Waals surface area contributed by atoms with Crippen molar-refractivity contribution >= 4 is 11.8 Å². The van der Waals surface area contributed by atoms with Crippen molar-refractivity contribution in [1.82, 2.24) is 10.6 Å². The Morgan fingerprint density at radius 2 is 1.45 bits per heavy atom. The van der Waals surface area contributed by atoms with Crippen LogP contribution in [0.15, 0.2) is 78.9 Å². The second kappa shape index (κ2) is 12.0. The Labute approximate surface area is 196 Å². The van der Waals surface area contributed by atoms with E-state index in [-0.39, 0.29) is 17.7 Å². The van der Waals surface area contributed by atoms with Crippen LogP contribution in [-0.2, 0) is 29.3 Å². The van der Waals surface area contributed by atoms with E-state index in [1.54, 1.807) is 6.07 Å². The molecule has 0 aliphatic heterocycles. The second-order valence-corrected chi connectivity index (χ2v) is 8.47. The molecule has 5 heteroatoms. The van der Waals surface area contributed by atoms with E-state index in [1.807, 2.05) is 93.6 Å². The molecule has 0 fully saturated rings. The first-order valence-corrected chi connectivity index (χ1v) is 11.3. The first-order chi connectivity index (χ1) is 16.0. The van der Waals surface area contributed by atoms with E-state index >= 15 is 0 Å². The van der Waals surface area contributed by atoms with Crippen LogP contribution < -0.4 is 10.6 Å². The maximum atomic E-state index is 13.0. The van der Waals surface area contributed by atoms with Gasteiger partial charge in [0, 0.05) is 12.1 Å². The van der Waals surface area contributed by atoms with Crippen molar-refractivity contribution in [3.05, 3.63) is 107 Å². The molecule has 3 aromatic carbocycles. The van der Waals surface area contributed by atoms with E-state index < -0.39 is 6.04 Å². The van der Waals surface area contributed by atoms with Gasteiger partial charge in [-0.1, -0.05) is 86.6 Å². The molecule has 3 rings (SSSR count). The summed E-state index contributed by atoms with van der Waals surface area (Å²) < 4.78 is 5.88. The molecule has 0 radical (unpaired) electrons. The number of benzene rings is 3. The molecule has 0 saturated carbocycles. The second-order valence-electron chi connectivity index (χ2n) is 8.47. The van der Waals surface area contributed by atoms with E-state index in [2.05, 4.69) is 10.6 Å². The largest absolute Gasteiger partial charge is 0.372 e. The number of ether oxygens (including phenoxy) is 1. The molecule has 5 nitrogen and oxygen atoms in total. The number of rotatable bonds is 10. The zero-order valence-corrected chi connectivity index (χ0v) is 19.5. The van der Waals surface area contributed by atoms with Gasteiger partial charge in [-0.3, -0.25) is 9.59 Å². The van der Waals surface area contributed by atoms with Gasteiger partial charge in [-0.25, -0.2) is 0 Å². The van der Waals surface area contributed by atoms with Gasteiger partial charge < -0.3 is 15.4 Å². The third-order valence-electron chi connectivity index (χ3n) is 5.57. The number of nitrogens with one attached hydrogen (secondary N) is 2. The normalized spacial score (nSPS) is 11.8. The van der Waals surface area contributed by atoms with Gasteiger partial charge in [0.1, 0.15) is 6.04 Å². The Bertz CT molecular complexity index is 1060. The van der Waals surface area contributed by atoms with Crippen LogP contribution in [0.5, 0.6) is 0 Å². The van der Waals surface area contributed by atoms with E-state index in [9.17, 15) is 9.59 Å². The average molecular weight is 445 g/mol. The topological polar surface area (TPSA) is 67.4 Å². The van der Waals surface area contributed by atoms with Crippen molar-refractivity contribution in [2.24, 2.45) is 5.92 Å². The highest BCUT2D eigenvalue weighted by molar-refractivity contribution is 5.98. The number of carbonyl (C=O) groups is 2. The molecule has 33 heavy (non-hydrogen) atoms. The summed E-state index contributed by atoms with van der Waals surface area (Å²) in [5, 5.41) is 5.89. The van der Waals surface area contributed by atoms with Crippen LogP contribution in [-0.4, -0.2) is 17.9 Å². The quantitative estimate of drug-likeness (QED) is 0.473. The number of carbonyl (C=O) groups excluding carboxylic acids is 2. The molecule has 0 saturated heterocycles. The Balaban J connectivity index is 1.59. The Morgan fingerprint density at radius 1 is 0.818 bits per heavy atom. The van der Waals surface area contributed by atoms with Gasteiger partial charge in [0.2, 0.25) is 5.91 Å². The van der Waals surface area contributed by atoms with Gasteiger partial charge in [-0.05, 0) is 41.2 Å². The summed E-state index contributed by atoms with van der Waals surface area (Å²) in [5.74, 6) is -0.494. The lowest BCUT2D eigenvalue weighted by molar-refractivity contribution is -0.124. The Hall–Kier alpha value is -3.44. The third kappa shape index (κ3) is 7.02. The molecule has 172 valence electrons. The summed E-state index contributed by atoms with van der Waals surface area (Å²) in [5.41, 5.74) is 4.59. The average Bonchev–Trinajstić information content (AvgIpc) is 2.82. The minimum Gasteiger partial charge on any atom is -0.372 e. The van der Waals surface area contributed by atoms with E-state index in [4.69, 9.17) is 4.74 Å². The van der Waals surface area contributed by atoms with Crippen molar-refractivity contribution < 1.29 is 14.3 Å². The van der Waals surface area contributed by atoms with Gasteiger partial charge in [0.15, 0.2) is 0 Å². The Morgan fingerprint density at radius 3 is 2.15 bits per heavy atom. The predicted octanol–water partition coefficient (Wildman–Crippen LogP) is 4.78. The van der Waals surface area contributed by atoms with Crippen molar-refractivity contribution in [2.45, 2.75) is 46.6 Å². The highest BCUT2D eigenvalue weighted by Gasteiger charge is 2.25. The number of amides is 2. The highest BCUT2D eigenvalue weighted by atomic mass is 16.5. The fourth-order valence-electron chi connectivity index (χ4n) is 3.60. The first kappa shape index (κ1) is 24.2. The molecule has 0 heterocycles. The fraction of sp³-hybridized carbons (Fsp3) is 0.286. The zero-order valence-electron chi connectivity index (χ0n) is 19.5. The predicted molar refractivity (Wildman–Crippen MR) is 130 cm³/mol. The molecule has 2 amide bonds. The van der Waals surface area contributed by atoms with E-state index in [1.165, 1.54) is 0 Å². The maximum absolute atomic E-state index is 13.0. The summed E-state index contributed by atoms with van der Waals surface area (Å²) in [6.07, 6.45) is 0. The van der Waals surface area contributed by atoms with Crippen LogP contribution in [0.25, 0.3) is 0 Å². The van der Waals surface area contributed by atoms with Gasteiger partial charge in [-0.15, -0.1) is 0 Å². The van der Waals surface area contributed by atoms with Crippen LogP contribution in [0.2, 0.25) is 0 Å². The molecule has 0 aliphatic rings. The van der Waals surface area contributed by atoms with E-state index in [0.717, 1.165) is 22.3 Å². The van der Waals surface area contributed by atoms with Crippen LogP contribution >= 0.6 is 0 Å². The minimum atomic E-state index is -0.626. The van der Waals surface area contributed by atoms with Gasteiger partial charge >= 0.3 is 0 Å². The maximum Gasteiger partial charge on any atom is 0.252 e. The SMILES string of the molecule is Cc1ccccc1C(=O)NC(C(=O)NCc1ccccc1COCc1ccccc1)C(C)C. The molecule has 1 atom stereocenters. The summed E-state index contributed by atoms with van der Waals surface area (Å²) in [4.78, 5) is 25.7. The lowest BCUT2D eigenvalue weighted by atomic mass is 10.0. The van der Waals surface area contributed by atoms with Crippen LogP contribution in [0.3, 0.4) is 0 Å². The smallest absolute Gasteiger partial charge is 0.252 e. The number of hydrogen-bond donors (Lipinski definition) is 2. The minimum absolute atomic E-state index is 0.0533. The number of aryl methyl sites for hydroxylation is 1. The lowest BCUT2D eigenvalue weighted by Gasteiger charge is -2.22. The molecule has 0 bridgehead atoms. The van der Waals surface area contributed by atoms with Crippen molar-refractivity contribution in [3.63, 3.8) is 0 Å². The first-order valence-electron chi connectivity index (χ1n) is 11.3. The van der Waals surface area contributed by atoms with Gasteiger partial charge in [0.05, 0.1) is 13.2 Å². The van der Waals surface area contributed by atoms with Gasteiger partial charge in [0.25, 0.3) is 5.91 Å². The lowest BCUT2D eigenvalue weighted by Crippen LogP contribution is -2.49. The molecular formula is C28H32N2O3. The van der Waals surface area contributed by atoms with Crippen molar-refractivity contribution in [3.8, 4) is 0 Å². The monoisotopic (exact) mass is 444 g/mol. The Kier molecular flexibility index (Phi) is 8.79. The number of hydrogen-bond acceptors (Lipinski definition) is 3. The molecule has 2 N–H and O–H groups in total. The molecule has 0 spiro atoms. The molecular weight excluding hydrogens is 412 g/mol. The van der Waals surface area contributed by atoms with Crippen LogP contribution in [0, 0.1) is 12.8 Å². The summed E-state index contributed by atoms with van der Waals surface area (Å²) in [6.45, 7) is 7.09. The fourth-order valence-corrected chi connectivity index (χ4v) is 3.60. The zero-order chi connectivity index (χ0) is 23.6. The highest BCUT2D eigenvalue weighted by Crippen LogP contribution is 2.13. The van der Waals surface area contributed by atoms with Crippen molar-refractivity contribution in [2.75, 3.05) is 0 Å². The molecule has 0 aromatic heterocycles. The molecule has 0 aliphatic carbocycles. The third-order valence-corrected chi connectivity index (χ3v) is 5.57. The molecule has 1 unspecified atom stereocenters. The van der Waals surface area contributed by atoms with Crippen LogP contribution in [0.1, 0.15) is 46.5 Å². The standard InChI is InChI=1S/C28H32N2O3/c1-20(2)26(30-27(31)25-16-10-7-11-21(25)3)28(32)29-17-23-14-8-9-15-24(23)19-33-18-22-12-5-4-6-13-22/h4-16,20,26H,17-19H2,1-3H3,(H,29,32)(H,30,31). The summed E-state index contributed by atoms with van der Waals surface area (Å²) in [7, 11) is 0. The summed E-state index contributed by atoms with van der Waals surface area (Å²) >= 11 is 0. The summed E-state index contributed by atoms with van der Waals surface area (Å²) in [6, 6.07) is 24.7.